The molecule has 0 spiro atoms. The van der Waals surface area contributed by atoms with Gasteiger partial charge in [-0.3, -0.25) is 4.79 Å². The van der Waals surface area contributed by atoms with E-state index in [9.17, 15) is 4.79 Å². The van der Waals surface area contributed by atoms with E-state index in [2.05, 4.69) is 26.2 Å². The zero-order valence-corrected chi connectivity index (χ0v) is 12.1. The maximum absolute atomic E-state index is 11.9. The van der Waals surface area contributed by atoms with Gasteiger partial charge in [-0.15, -0.1) is 0 Å². The van der Waals surface area contributed by atoms with Crippen molar-refractivity contribution in [3.63, 3.8) is 0 Å². The number of amides is 1. The van der Waals surface area contributed by atoms with Gasteiger partial charge in [0.25, 0.3) is 5.91 Å². The molecule has 0 aliphatic heterocycles. The lowest BCUT2D eigenvalue weighted by Crippen LogP contribution is -2.13. The molecule has 2 aromatic rings. The predicted octanol–water partition coefficient (Wildman–Crippen LogP) is 4.40. The van der Waals surface area contributed by atoms with Gasteiger partial charge in [-0.2, -0.15) is 0 Å². The highest BCUT2D eigenvalue weighted by Crippen LogP contribution is 2.25. The van der Waals surface area contributed by atoms with E-state index >= 15 is 0 Å². The van der Waals surface area contributed by atoms with Crippen LogP contribution in [0.4, 0.5) is 5.69 Å². The second-order valence-electron chi connectivity index (χ2n) is 3.44. The number of carbonyl (C=O) groups is 1. The van der Waals surface area contributed by atoms with Gasteiger partial charge in [0, 0.05) is 16.4 Å². The number of anilines is 1. The van der Waals surface area contributed by atoms with Crippen molar-refractivity contribution in [3.05, 3.63) is 56.7 Å². The second kappa shape index (κ2) is 5.69. The van der Waals surface area contributed by atoms with Crippen molar-refractivity contribution < 1.29 is 4.79 Å². The summed E-state index contributed by atoms with van der Waals surface area (Å²) in [6.45, 7) is 0. The SMILES string of the molecule is O=C(Nc1ccc(Cl)c(Br)c1)c1ccc(Cl)cn1. The maximum Gasteiger partial charge on any atom is 0.274 e. The van der Waals surface area contributed by atoms with Gasteiger partial charge in [0.2, 0.25) is 0 Å². The van der Waals surface area contributed by atoms with Gasteiger partial charge in [-0.05, 0) is 46.3 Å². The van der Waals surface area contributed by atoms with Crippen LogP contribution in [0.15, 0.2) is 41.0 Å². The Hall–Kier alpha value is -1.10. The summed E-state index contributed by atoms with van der Waals surface area (Å²) < 4.78 is 0.714. The summed E-state index contributed by atoms with van der Waals surface area (Å²) in [6, 6.07) is 8.29. The van der Waals surface area contributed by atoms with E-state index in [1.807, 2.05) is 0 Å². The Morgan fingerprint density at radius 1 is 1.22 bits per heavy atom. The minimum Gasteiger partial charge on any atom is -0.321 e. The fourth-order valence-corrected chi connectivity index (χ4v) is 1.89. The number of rotatable bonds is 2. The normalized spacial score (nSPS) is 10.2. The molecule has 0 fully saturated rings. The van der Waals surface area contributed by atoms with Crippen LogP contribution < -0.4 is 5.32 Å². The Morgan fingerprint density at radius 2 is 2.00 bits per heavy atom. The highest BCUT2D eigenvalue weighted by atomic mass is 79.9. The molecule has 0 saturated carbocycles. The molecule has 0 unspecified atom stereocenters. The lowest BCUT2D eigenvalue weighted by Gasteiger charge is -2.05. The van der Waals surface area contributed by atoms with Crippen LogP contribution in [0.2, 0.25) is 10.0 Å². The van der Waals surface area contributed by atoms with Crippen molar-refractivity contribution in [1.29, 1.82) is 0 Å². The number of nitrogens with one attached hydrogen (secondary N) is 1. The van der Waals surface area contributed by atoms with Crippen LogP contribution in [0, 0.1) is 0 Å². The largest absolute Gasteiger partial charge is 0.321 e. The molecule has 0 saturated heterocycles. The standard InChI is InChI=1S/C12H7BrCl2N2O/c13-9-5-8(2-3-10(9)15)17-12(18)11-4-1-7(14)6-16-11/h1-6H,(H,17,18). The lowest BCUT2D eigenvalue weighted by molar-refractivity contribution is 0.102. The smallest absolute Gasteiger partial charge is 0.274 e. The quantitative estimate of drug-likeness (QED) is 0.876. The first-order chi connectivity index (χ1) is 8.56. The summed E-state index contributed by atoms with van der Waals surface area (Å²) in [5.74, 6) is -0.305. The van der Waals surface area contributed by atoms with Gasteiger partial charge in [0.05, 0.1) is 10.0 Å². The highest BCUT2D eigenvalue weighted by molar-refractivity contribution is 9.10. The molecule has 0 radical (unpaired) electrons. The average Bonchev–Trinajstić information content (AvgIpc) is 2.34. The van der Waals surface area contributed by atoms with Crippen LogP contribution >= 0.6 is 39.1 Å². The average molecular weight is 346 g/mol. The fourth-order valence-electron chi connectivity index (χ4n) is 1.28. The monoisotopic (exact) mass is 344 g/mol. The predicted molar refractivity (Wildman–Crippen MR) is 76.4 cm³/mol. The van der Waals surface area contributed by atoms with E-state index in [4.69, 9.17) is 23.2 Å². The number of nitrogens with zero attached hydrogens (tertiary/aromatic N) is 1. The third-order valence-electron chi connectivity index (χ3n) is 2.14. The first kappa shape index (κ1) is 13.3. The van der Waals surface area contributed by atoms with Crippen molar-refractivity contribution in [2.75, 3.05) is 5.32 Å². The number of pyridine rings is 1. The first-order valence-corrected chi connectivity index (χ1v) is 6.49. The van der Waals surface area contributed by atoms with E-state index in [-0.39, 0.29) is 5.91 Å². The summed E-state index contributed by atoms with van der Waals surface area (Å²) in [6.07, 6.45) is 1.42. The molecule has 92 valence electrons. The second-order valence-corrected chi connectivity index (χ2v) is 5.14. The van der Waals surface area contributed by atoms with Crippen molar-refractivity contribution in [2.45, 2.75) is 0 Å². The van der Waals surface area contributed by atoms with Gasteiger partial charge in [0.15, 0.2) is 0 Å². The van der Waals surface area contributed by atoms with Crippen LogP contribution in [0.3, 0.4) is 0 Å². The summed E-state index contributed by atoms with van der Waals surface area (Å²) in [4.78, 5) is 15.8. The Bertz CT molecular complexity index is 587. The molecule has 0 aliphatic rings. The van der Waals surface area contributed by atoms with Gasteiger partial charge in [-0.25, -0.2) is 4.98 Å². The Morgan fingerprint density at radius 3 is 2.61 bits per heavy atom. The highest BCUT2D eigenvalue weighted by Gasteiger charge is 2.08. The molecular formula is C12H7BrCl2N2O. The summed E-state index contributed by atoms with van der Waals surface area (Å²) >= 11 is 14.9. The Labute approximate surface area is 122 Å². The van der Waals surface area contributed by atoms with Crippen molar-refractivity contribution in [1.82, 2.24) is 4.98 Å². The third-order valence-corrected chi connectivity index (χ3v) is 3.58. The molecule has 18 heavy (non-hydrogen) atoms. The van der Waals surface area contributed by atoms with E-state index in [1.165, 1.54) is 6.20 Å². The zero-order chi connectivity index (χ0) is 13.1. The molecule has 0 bridgehead atoms. The van der Waals surface area contributed by atoms with Crippen molar-refractivity contribution in [2.24, 2.45) is 0 Å². The summed E-state index contributed by atoms with van der Waals surface area (Å²) in [5.41, 5.74) is 0.929. The molecule has 3 nitrogen and oxygen atoms in total. The van der Waals surface area contributed by atoms with Gasteiger partial charge < -0.3 is 5.32 Å². The number of halogens is 3. The molecule has 2 rings (SSSR count). The topological polar surface area (TPSA) is 42.0 Å². The van der Waals surface area contributed by atoms with E-state index in [1.54, 1.807) is 30.3 Å². The minimum absolute atomic E-state index is 0.297. The van der Waals surface area contributed by atoms with Crippen LogP contribution in [-0.2, 0) is 0 Å². The van der Waals surface area contributed by atoms with Crippen molar-refractivity contribution in [3.8, 4) is 0 Å². The van der Waals surface area contributed by atoms with Gasteiger partial charge >= 0.3 is 0 Å². The van der Waals surface area contributed by atoms with Gasteiger partial charge in [-0.1, -0.05) is 23.2 Å². The molecule has 1 heterocycles. The van der Waals surface area contributed by atoms with Crippen LogP contribution in [-0.4, -0.2) is 10.9 Å². The third kappa shape index (κ3) is 3.22. The molecule has 1 amide bonds. The molecule has 0 aliphatic carbocycles. The molecule has 1 aromatic heterocycles. The van der Waals surface area contributed by atoms with Crippen LogP contribution in [0.5, 0.6) is 0 Å². The number of hydrogen-bond donors (Lipinski definition) is 1. The summed E-state index contributed by atoms with van der Waals surface area (Å²) in [5, 5.41) is 3.78. The van der Waals surface area contributed by atoms with Gasteiger partial charge in [0.1, 0.15) is 5.69 Å². The number of carbonyl (C=O) groups excluding carboxylic acids is 1. The van der Waals surface area contributed by atoms with Crippen molar-refractivity contribution >= 4 is 50.7 Å². The summed E-state index contributed by atoms with van der Waals surface area (Å²) in [7, 11) is 0. The van der Waals surface area contributed by atoms with E-state index < -0.39 is 0 Å². The molecule has 1 aromatic carbocycles. The molecule has 0 atom stereocenters. The van der Waals surface area contributed by atoms with Crippen LogP contribution in [0.25, 0.3) is 0 Å². The molecular weight excluding hydrogens is 339 g/mol. The zero-order valence-electron chi connectivity index (χ0n) is 8.95. The minimum atomic E-state index is -0.305. The van der Waals surface area contributed by atoms with Crippen LogP contribution in [0.1, 0.15) is 10.5 Å². The number of benzene rings is 1. The number of aromatic nitrogens is 1. The van der Waals surface area contributed by atoms with E-state index in [0.29, 0.717) is 25.9 Å². The van der Waals surface area contributed by atoms with E-state index in [0.717, 1.165) is 0 Å². The molecule has 6 heteroatoms. The lowest BCUT2D eigenvalue weighted by atomic mass is 10.3. The first-order valence-electron chi connectivity index (χ1n) is 4.94. The Kier molecular flexibility index (Phi) is 4.22. The number of hydrogen-bond acceptors (Lipinski definition) is 2. The fraction of sp³-hybridized carbons (Fsp3) is 0. The molecule has 1 N–H and O–H groups in total. The Balaban J connectivity index is 2.16. The maximum atomic E-state index is 11.9.